The van der Waals surface area contributed by atoms with E-state index in [4.69, 9.17) is 0 Å². The second-order valence-electron chi connectivity index (χ2n) is 4.27. The molecule has 0 aromatic heterocycles. The summed E-state index contributed by atoms with van der Waals surface area (Å²) in [5, 5.41) is 0. The highest BCUT2D eigenvalue weighted by atomic mass is 15.4. The number of piperidine rings is 1. The molecule has 1 saturated heterocycles. The Hall–Kier alpha value is -0.0400. The first kappa shape index (κ1) is 12.0. The maximum Gasteiger partial charge on any atom is 0.0859 e. The van der Waals surface area contributed by atoms with E-state index in [9.17, 15) is 0 Å². The van der Waals surface area contributed by atoms with Crippen LogP contribution in [0.25, 0.3) is 0 Å². The SMILES string of the molecule is CCC[N+]1(C)CCCCC1C.[CH3-]. The van der Waals surface area contributed by atoms with E-state index < -0.39 is 0 Å². The van der Waals surface area contributed by atoms with Gasteiger partial charge in [0.25, 0.3) is 0 Å². The second-order valence-corrected chi connectivity index (χ2v) is 4.27. The van der Waals surface area contributed by atoms with Crippen molar-refractivity contribution >= 4 is 0 Å². The Morgan fingerprint density at radius 2 is 2.00 bits per heavy atom. The van der Waals surface area contributed by atoms with E-state index in [1.165, 1.54) is 43.3 Å². The van der Waals surface area contributed by atoms with Gasteiger partial charge in [-0.15, -0.1) is 0 Å². The van der Waals surface area contributed by atoms with Crippen molar-refractivity contribution in [2.75, 3.05) is 20.1 Å². The average molecular weight is 171 g/mol. The molecule has 0 saturated carbocycles. The Morgan fingerprint density at radius 1 is 1.33 bits per heavy atom. The quantitative estimate of drug-likeness (QED) is 0.443. The van der Waals surface area contributed by atoms with E-state index in [1.54, 1.807) is 0 Å². The zero-order valence-electron chi connectivity index (χ0n) is 9.27. The minimum absolute atomic E-state index is 0. The number of nitrogens with zero attached hydrogens (tertiary/aromatic N) is 1. The minimum Gasteiger partial charge on any atom is -0.358 e. The smallest absolute Gasteiger partial charge is 0.0859 e. The summed E-state index contributed by atoms with van der Waals surface area (Å²) < 4.78 is 1.33. The highest BCUT2D eigenvalue weighted by molar-refractivity contribution is 4.60. The lowest BCUT2D eigenvalue weighted by molar-refractivity contribution is -0.936. The fourth-order valence-corrected chi connectivity index (χ4v) is 2.29. The Labute approximate surface area is 78.4 Å². The third-order valence-corrected chi connectivity index (χ3v) is 3.34. The van der Waals surface area contributed by atoms with Crippen LogP contribution >= 0.6 is 0 Å². The molecule has 0 radical (unpaired) electrons. The van der Waals surface area contributed by atoms with Crippen LogP contribution in [0.4, 0.5) is 0 Å². The summed E-state index contributed by atoms with van der Waals surface area (Å²) >= 11 is 0. The second kappa shape index (κ2) is 4.86. The van der Waals surface area contributed by atoms with Gasteiger partial charge in [0.05, 0.1) is 26.2 Å². The van der Waals surface area contributed by atoms with Gasteiger partial charge in [-0.2, -0.15) is 0 Å². The normalized spacial score (nSPS) is 35.8. The van der Waals surface area contributed by atoms with E-state index >= 15 is 0 Å². The van der Waals surface area contributed by atoms with E-state index in [-0.39, 0.29) is 7.43 Å². The highest BCUT2D eigenvalue weighted by Gasteiger charge is 2.30. The number of likely N-dealkylation sites (tertiary alicyclic amines) is 1. The van der Waals surface area contributed by atoms with Crippen LogP contribution in [-0.2, 0) is 0 Å². The molecule has 1 aliphatic rings. The molecule has 0 aromatic rings. The maximum atomic E-state index is 2.42. The molecule has 2 unspecified atom stereocenters. The maximum absolute atomic E-state index is 2.42. The van der Waals surface area contributed by atoms with Crippen LogP contribution in [0, 0.1) is 7.43 Å². The van der Waals surface area contributed by atoms with Crippen molar-refractivity contribution in [1.29, 1.82) is 0 Å². The molecule has 0 bridgehead atoms. The minimum atomic E-state index is 0. The predicted molar refractivity (Wildman–Crippen MR) is 55.9 cm³/mol. The van der Waals surface area contributed by atoms with Gasteiger partial charge < -0.3 is 11.9 Å². The van der Waals surface area contributed by atoms with Crippen LogP contribution in [-0.4, -0.2) is 30.7 Å². The molecule has 1 heteroatoms. The van der Waals surface area contributed by atoms with E-state index in [0.717, 1.165) is 6.04 Å². The molecule has 1 fully saturated rings. The molecule has 12 heavy (non-hydrogen) atoms. The summed E-state index contributed by atoms with van der Waals surface area (Å²) in [5.41, 5.74) is 0. The predicted octanol–water partition coefficient (Wildman–Crippen LogP) is 2.87. The molecule has 1 nitrogen and oxygen atoms in total. The topological polar surface area (TPSA) is 0 Å². The van der Waals surface area contributed by atoms with Crippen molar-refractivity contribution in [3.8, 4) is 0 Å². The zero-order chi connectivity index (χ0) is 8.32. The molecule has 1 aliphatic heterocycles. The standard InChI is InChI=1S/C10H22N.CH3/c1-4-8-11(3)9-6-5-7-10(11)2;/h10H,4-9H2,1-3H3;1H3/q+1;-1. The average Bonchev–Trinajstić information content (AvgIpc) is 1.96. The van der Waals surface area contributed by atoms with Crippen LogP contribution in [0.2, 0.25) is 0 Å². The molecule has 1 rings (SSSR count). The van der Waals surface area contributed by atoms with Crippen molar-refractivity contribution in [3.63, 3.8) is 0 Å². The first-order chi connectivity index (χ1) is 5.19. The van der Waals surface area contributed by atoms with Gasteiger partial charge in [0.15, 0.2) is 0 Å². The Kier molecular flexibility index (Phi) is 4.84. The first-order valence-corrected chi connectivity index (χ1v) is 5.03. The van der Waals surface area contributed by atoms with Gasteiger partial charge in [-0.05, 0) is 32.6 Å². The Morgan fingerprint density at radius 3 is 2.50 bits per heavy atom. The molecule has 0 aliphatic carbocycles. The zero-order valence-corrected chi connectivity index (χ0v) is 9.27. The van der Waals surface area contributed by atoms with Gasteiger partial charge in [-0.3, -0.25) is 0 Å². The van der Waals surface area contributed by atoms with Crippen LogP contribution in [0.15, 0.2) is 0 Å². The molecule has 1 heterocycles. The fourth-order valence-electron chi connectivity index (χ4n) is 2.29. The lowest BCUT2D eigenvalue weighted by Crippen LogP contribution is -2.54. The Bertz CT molecular complexity index is 118. The van der Waals surface area contributed by atoms with Crippen LogP contribution in [0.3, 0.4) is 0 Å². The van der Waals surface area contributed by atoms with Crippen LogP contribution < -0.4 is 0 Å². The summed E-state index contributed by atoms with van der Waals surface area (Å²) in [6, 6.07) is 0.906. The summed E-state index contributed by atoms with van der Waals surface area (Å²) in [7, 11) is 2.42. The monoisotopic (exact) mass is 171 g/mol. The molecule has 0 spiro atoms. The lowest BCUT2D eigenvalue weighted by atomic mass is 10.0. The largest absolute Gasteiger partial charge is 0.358 e. The van der Waals surface area contributed by atoms with Crippen molar-refractivity contribution in [2.24, 2.45) is 0 Å². The van der Waals surface area contributed by atoms with Gasteiger partial charge in [-0.25, -0.2) is 0 Å². The molecule has 0 amide bonds. The van der Waals surface area contributed by atoms with Gasteiger partial charge in [0.2, 0.25) is 0 Å². The van der Waals surface area contributed by atoms with Crippen molar-refractivity contribution in [2.45, 2.75) is 45.6 Å². The lowest BCUT2D eigenvalue weighted by Gasteiger charge is -2.43. The Balaban J connectivity index is 0.00000121. The third kappa shape index (κ3) is 2.48. The van der Waals surface area contributed by atoms with Crippen LogP contribution in [0.5, 0.6) is 0 Å². The number of quaternary nitrogens is 1. The van der Waals surface area contributed by atoms with Gasteiger partial charge in [0, 0.05) is 0 Å². The van der Waals surface area contributed by atoms with Gasteiger partial charge in [0.1, 0.15) is 0 Å². The number of rotatable bonds is 2. The van der Waals surface area contributed by atoms with Crippen molar-refractivity contribution in [1.82, 2.24) is 0 Å². The molecule has 0 N–H and O–H groups in total. The number of hydrogen-bond donors (Lipinski definition) is 0. The van der Waals surface area contributed by atoms with Crippen molar-refractivity contribution < 1.29 is 4.48 Å². The summed E-state index contributed by atoms with van der Waals surface area (Å²) in [4.78, 5) is 0. The van der Waals surface area contributed by atoms with Crippen molar-refractivity contribution in [3.05, 3.63) is 7.43 Å². The summed E-state index contributed by atoms with van der Waals surface area (Å²) in [6.45, 7) is 7.50. The van der Waals surface area contributed by atoms with E-state index in [1.807, 2.05) is 0 Å². The molecule has 2 atom stereocenters. The van der Waals surface area contributed by atoms with E-state index in [2.05, 4.69) is 20.9 Å². The summed E-state index contributed by atoms with van der Waals surface area (Å²) in [5.74, 6) is 0. The fraction of sp³-hybridized carbons (Fsp3) is 0.909. The van der Waals surface area contributed by atoms with E-state index in [0.29, 0.717) is 0 Å². The molecular weight excluding hydrogens is 146 g/mol. The summed E-state index contributed by atoms with van der Waals surface area (Å²) in [6.07, 6.45) is 5.68. The van der Waals surface area contributed by atoms with Gasteiger partial charge in [-0.1, -0.05) is 6.92 Å². The van der Waals surface area contributed by atoms with Gasteiger partial charge >= 0.3 is 0 Å². The number of hydrogen-bond acceptors (Lipinski definition) is 0. The first-order valence-electron chi connectivity index (χ1n) is 5.03. The molecule has 0 aromatic carbocycles. The molecule has 74 valence electrons. The highest BCUT2D eigenvalue weighted by Crippen LogP contribution is 2.23. The molecular formula is C11H25N. The van der Waals surface area contributed by atoms with Crippen LogP contribution in [0.1, 0.15) is 39.5 Å². The third-order valence-electron chi connectivity index (χ3n) is 3.34.